The SMILES string of the molecule is NCCCCCC(=O)Cc1ccc(Cl)c(Cl)c1. The highest BCUT2D eigenvalue weighted by atomic mass is 35.5. The van der Waals surface area contributed by atoms with Crippen LogP contribution in [0.2, 0.25) is 10.0 Å². The molecule has 0 aliphatic heterocycles. The number of halogens is 2. The predicted molar refractivity (Wildman–Crippen MR) is 72.7 cm³/mol. The first-order valence-corrected chi connectivity index (χ1v) is 6.54. The van der Waals surface area contributed by atoms with Gasteiger partial charge >= 0.3 is 0 Å². The normalized spacial score (nSPS) is 10.5. The summed E-state index contributed by atoms with van der Waals surface area (Å²) in [6.07, 6.45) is 3.96. The fraction of sp³-hybridized carbons (Fsp3) is 0.462. The van der Waals surface area contributed by atoms with E-state index in [2.05, 4.69) is 0 Å². The smallest absolute Gasteiger partial charge is 0.137 e. The van der Waals surface area contributed by atoms with Crippen LogP contribution < -0.4 is 5.73 Å². The van der Waals surface area contributed by atoms with Crippen LogP contribution in [0.4, 0.5) is 0 Å². The van der Waals surface area contributed by atoms with Crippen molar-refractivity contribution in [2.45, 2.75) is 32.1 Å². The monoisotopic (exact) mass is 273 g/mol. The number of unbranched alkanes of at least 4 members (excludes halogenated alkanes) is 2. The largest absolute Gasteiger partial charge is 0.330 e. The summed E-state index contributed by atoms with van der Waals surface area (Å²) in [5.41, 5.74) is 6.31. The van der Waals surface area contributed by atoms with E-state index in [1.165, 1.54) is 0 Å². The third-order valence-electron chi connectivity index (χ3n) is 2.55. The zero-order valence-corrected chi connectivity index (χ0v) is 11.2. The molecule has 0 aliphatic rings. The molecule has 0 heterocycles. The molecular formula is C13H17Cl2NO. The highest BCUT2D eigenvalue weighted by Crippen LogP contribution is 2.23. The van der Waals surface area contributed by atoms with E-state index in [9.17, 15) is 4.79 Å². The molecule has 2 nitrogen and oxygen atoms in total. The molecule has 4 heteroatoms. The molecule has 2 N–H and O–H groups in total. The summed E-state index contributed by atoms with van der Waals surface area (Å²) in [7, 11) is 0. The van der Waals surface area contributed by atoms with Crippen molar-refractivity contribution in [2.75, 3.05) is 6.54 Å². The molecule has 1 aromatic rings. The fourth-order valence-corrected chi connectivity index (χ4v) is 1.93. The van der Waals surface area contributed by atoms with Crippen LogP contribution in [0.25, 0.3) is 0 Å². The quantitative estimate of drug-likeness (QED) is 0.771. The Balaban J connectivity index is 2.37. The molecule has 0 bridgehead atoms. The number of benzene rings is 1. The van der Waals surface area contributed by atoms with Gasteiger partial charge < -0.3 is 5.73 Å². The minimum atomic E-state index is 0.236. The summed E-state index contributed by atoms with van der Waals surface area (Å²) in [6.45, 7) is 0.695. The minimum Gasteiger partial charge on any atom is -0.330 e. The average Bonchev–Trinajstić information content (AvgIpc) is 2.30. The molecule has 94 valence electrons. The van der Waals surface area contributed by atoms with Crippen LogP contribution in [0.5, 0.6) is 0 Å². The Hall–Kier alpha value is -0.570. The van der Waals surface area contributed by atoms with Gasteiger partial charge in [0.2, 0.25) is 0 Å². The lowest BCUT2D eigenvalue weighted by atomic mass is 10.0. The summed E-state index contributed by atoms with van der Waals surface area (Å²) >= 11 is 11.7. The minimum absolute atomic E-state index is 0.236. The van der Waals surface area contributed by atoms with Gasteiger partial charge in [-0.3, -0.25) is 4.79 Å². The maximum absolute atomic E-state index is 11.7. The standard InChI is InChI=1S/C13H17Cl2NO/c14-12-6-5-10(9-13(12)15)8-11(17)4-2-1-3-7-16/h5-6,9H,1-4,7-8,16H2. The molecule has 0 aliphatic carbocycles. The second-order valence-electron chi connectivity index (χ2n) is 4.06. The lowest BCUT2D eigenvalue weighted by Crippen LogP contribution is -2.03. The molecular weight excluding hydrogens is 257 g/mol. The Morgan fingerprint density at radius 2 is 1.88 bits per heavy atom. The van der Waals surface area contributed by atoms with Gasteiger partial charge in [0.25, 0.3) is 0 Å². The third-order valence-corrected chi connectivity index (χ3v) is 3.28. The van der Waals surface area contributed by atoms with Gasteiger partial charge in [0.1, 0.15) is 5.78 Å². The van der Waals surface area contributed by atoms with Crippen molar-refractivity contribution in [1.82, 2.24) is 0 Å². The van der Waals surface area contributed by atoms with E-state index in [1.807, 2.05) is 6.07 Å². The summed E-state index contributed by atoms with van der Waals surface area (Å²) in [6, 6.07) is 5.31. The summed E-state index contributed by atoms with van der Waals surface area (Å²) in [5, 5.41) is 1.02. The Bertz CT molecular complexity index is 380. The Morgan fingerprint density at radius 3 is 2.53 bits per heavy atom. The van der Waals surface area contributed by atoms with E-state index in [4.69, 9.17) is 28.9 Å². The second-order valence-corrected chi connectivity index (χ2v) is 4.88. The Morgan fingerprint density at radius 1 is 1.12 bits per heavy atom. The predicted octanol–water partition coefficient (Wildman–Crippen LogP) is 3.62. The van der Waals surface area contributed by atoms with Crippen molar-refractivity contribution in [3.8, 4) is 0 Å². The summed E-state index contributed by atoms with van der Waals surface area (Å²) in [5.74, 6) is 0.236. The summed E-state index contributed by atoms with van der Waals surface area (Å²) < 4.78 is 0. The van der Waals surface area contributed by atoms with Crippen molar-refractivity contribution in [1.29, 1.82) is 0 Å². The molecule has 0 amide bonds. The fourth-order valence-electron chi connectivity index (χ4n) is 1.61. The van der Waals surface area contributed by atoms with Gasteiger partial charge in [0, 0.05) is 12.8 Å². The van der Waals surface area contributed by atoms with Crippen LogP contribution in [-0.2, 0) is 11.2 Å². The maximum Gasteiger partial charge on any atom is 0.137 e. The first-order valence-electron chi connectivity index (χ1n) is 5.79. The molecule has 0 radical (unpaired) electrons. The van der Waals surface area contributed by atoms with Crippen LogP contribution in [0, 0.1) is 0 Å². The Labute approximate surface area is 112 Å². The molecule has 0 aromatic heterocycles. The van der Waals surface area contributed by atoms with Gasteiger partial charge in [0.15, 0.2) is 0 Å². The number of rotatable bonds is 7. The Kier molecular flexibility index (Phi) is 6.56. The van der Waals surface area contributed by atoms with Crippen LogP contribution >= 0.6 is 23.2 Å². The van der Waals surface area contributed by atoms with Crippen molar-refractivity contribution in [3.63, 3.8) is 0 Å². The lowest BCUT2D eigenvalue weighted by Gasteiger charge is -2.03. The van der Waals surface area contributed by atoms with Crippen LogP contribution in [0.15, 0.2) is 18.2 Å². The van der Waals surface area contributed by atoms with Crippen molar-refractivity contribution < 1.29 is 4.79 Å². The number of hydrogen-bond acceptors (Lipinski definition) is 2. The van der Waals surface area contributed by atoms with E-state index in [1.54, 1.807) is 12.1 Å². The first kappa shape index (κ1) is 14.5. The highest BCUT2D eigenvalue weighted by molar-refractivity contribution is 6.42. The van der Waals surface area contributed by atoms with Crippen LogP contribution in [0.3, 0.4) is 0 Å². The third kappa shape index (κ3) is 5.53. The van der Waals surface area contributed by atoms with Gasteiger partial charge in [-0.25, -0.2) is 0 Å². The molecule has 0 fully saturated rings. The van der Waals surface area contributed by atoms with E-state index < -0.39 is 0 Å². The summed E-state index contributed by atoms with van der Waals surface area (Å²) in [4.78, 5) is 11.7. The van der Waals surface area contributed by atoms with E-state index in [0.29, 0.717) is 29.4 Å². The van der Waals surface area contributed by atoms with Gasteiger partial charge in [-0.2, -0.15) is 0 Å². The number of hydrogen-bond donors (Lipinski definition) is 1. The molecule has 0 saturated carbocycles. The zero-order valence-electron chi connectivity index (χ0n) is 9.72. The molecule has 0 saturated heterocycles. The lowest BCUT2D eigenvalue weighted by molar-refractivity contribution is -0.118. The average molecular weight is 274 g/mol. The van der Waals surface area contributed by atoms with Gasteiger partial charge in [-0.1, -0.05) is 35.7 Å². The number of nitrogens with two attached hydrogens (primary N) is 1. The molecule has 0 spiro atoms. The van der Waals surface area contributed by atoms with Crippen molar-refractivity contribution in [2.24, 2.45) is 5.73 Å². The number of ketones is 1. The topological polar surface area (TPSA) is 43.1 Å². The van der Waals surface area contributed by atoms with E-state index >= 15 is 0 Å². The molecule has 17 heavy (non-hydrogen) atoms. The van der Waals surface area contributed by atoms with Crippen LogP contribution in [-0.4, -0.2) is 12.3 Å². The van der Waals surface area contributed by atoms with E-state index in [0.717, 1.165) is 24.8 Å². The van der Waals surface area contributed by atoms with Crippen LogP contribution in [0.1, 0.15) is 31.2 Å². The zero-order chi connectivity index (χ0) is 12.7. The van der Waals surface area contributed by atoms with Gasteiger partial charge in [-0.05, 0) is 37.1 Å². The van der Waals surface area contributed by atoms with Crippen molar-refractivity contribution >= 4 is 29.0 Å². The van der Waals surface area contributed by atoms with Gasteiger partial charge in [0.05, 0.1) is 10.0 Å². The molecule has 1 rings (SSSR count). The second kappa shape index (κ2) is 7.70. The molecule has 1 aromatic carbocycles. The highest BCUT2D eigenvalue weighted by Gasteiger charge is 2.05. The first-order chi connectivity index (χ1) is 8.13. The number of carbonyl (C=O) groups is 1. The number of Topliss-reactive ketones (excluding diaryl/α,β-unsaturated/α-hetero) is 1. The van der Waals surface area contributed by atoms with Gasteiger partial charge in [-0.15, -0.1) is 0 Å². The number of carbonyl (C=O) groups excluding carboxylic acids is 1. The van der Waals surface area contributed by atoms with E-state index in [-0.39, 0.29) is 5.78 Å². The molecule has 0 atom stereocenters. The maximum atomic E-state index is 11.7. The van der Waals surface area contributed by atoms with Crippen molar-refractivity contribution in [3.05, 3.63) is 33.8 Å². The molecule has 0 unspecified atom stereocenters.